The minimum atomic E-state index is -3.56. The quantitative estimate of drug-likeness (QED) is 0.867. The SMILES string of the molecule is CN(C)S(=O)(=O)c1cccc(NC(=O)N2CCCCC2c2ccnn2C)c1. The predicted octanol–water partition coefficient (Wildman–Crippen LogP) is 2.43. The van der Waals surface area contributed by atoms with Gasteiger partial charge < -0.3 is 10.2 Å². The lowest BCUT2D eigenvalue weighted by molar-refractivity contribution is 0.159. The summed E-state index contributed by atoms with van der Waals surface area (Å²) < 4.78 is 27.6. The second kappa shape index (κ2) is 7.69. The molecule has 1 saturated heterocycles. The summed E-state index contributed by atoms with van der Waals surface area (Å²) in [4.78, 5) is 14.8. The van der Waals surface area contributed by atoms with Crippen LogP contribution in [-0.4, -0.2) is 54.1 Å². The largest absolute Gasteiger partial charge is 0.322 e. The highest BCUT2D eigenvalue weighted by Crippen LogP contribution is 2.31. The van der Waals surface area contributed by atoms with Gasteiger partial charge in [-0.3, -0.25) is 4.68 Å². The van der Waals surface area contributed by atoms with Crippen molar-refractivity contribution < 1.29 is 13.2 Å². The van der Waals surface area contributed by atoms with Gasteiger partial charge in [-0.15, -0.1) is 0 Å². The molecule has 1 aromatic heterocycles. The number of likely N-dealkylation sites (tertiary alicyclic amines) is 1. The fourth-order valence-corrected chi connectivity index (χ4v) is 4.28. The van der Waals surface area contributed by atoms with Crippen molar-refractivity contribution >= 4 is 21.7 Å². The third kappa shape index (κ3) is 3.98. The number of nitrogens with one attached hydrogen (secondary N) is 1. The smallest absolute Gasteiger partial charge is 0.316 e. The maximum absolute atomic E-state index is 12.9. The first-order chi connectivity index (χ1) is 12.8. The molecule has 1 unspecified atom stereocenters. The van der Waals surface area contributed by atoms with E-state index >= 15 is 0 Å². The van der Waals surface area contributed by atoms with Crippen molar-refractivity contribution in [2.75, 3.05) is 26.0 Å². The van der Waals surface area contributed by atoms with Gasteiger partial charge in [0.1, 0.15) is 0 Å². The number of piperidine rings is 1. The number of hydrogen-bond acceptors (Lipinski definition) is 4. The summed E-state index contributed by atoms with van der Waals surface area (Å²) in [5.74, 6) is 0. The van der Waals surface area contributed by atoms with Crippen LogP contribution in [0.3, 0.4) is 0 Å². The number of anilines is 1. The predicted molar refractivity (Wildman–Crippen MR) is 103 cm³/mol. The second-order valence-corrected chi connectivity index (χ2v) is 8.98. The van der Waals surface area contributed by atoms with Crippen LogP contribution < -0.4 is 5.32 Å². The Labute approximate surface area is 159 Å². The Kier molecular flexibility index (Phi) is 5.52. The zero-order valence-corrected chi connectivity index (χ0v) is 16.6. The number of urea groups is 1. The van der Waals surface area contributed by atoms with Crippen molar-refractivity contribution in [3.63, 3.8) is 0 Å². The standard InChI is InChI=1S/C18H25N5O3S/c1-21(2)27(25,26)15-8-6-7-14(13-15)20-18(24)23-12-5-4-9-17(23)16-10-11-19-22(16)3/h6-8,10-11,13,17H,4-5,9,12H2,1-3H3,(H,20,24). The van der Waals surface area contributed by atoms with Crippen LogP contribution >= 0.6 is 0 Å². The summed E-state index contributed by atoms with van der Waals surface area (Å²) in [6, 6.07) is 7.97. The van der Waals surface area contributed by atoms with Gasteiger partial charge in [0.25, 0.3) is 0 Å². The third-order valence-electron chi connectivity index (χ3n) is 4.83. The number of carbonyl (C=O) groups excluding carboxylic acids is 1. The van der Waals surface area contributed by atoms with Crippen LogP contribution in [0, 0.1) is 0 Å². The molecule has 146 valence electrons. The molecule has 0 saturated carbocycles. The van der Waals surface area contributed by atoms with Gasteiger partial charge in [-0.05, 0) is 43.5 Å². The van der Waals surface area contributed by atoms with Crippen LogP contribution in [0.5, 0.6) is 0 Å². The van der Waals surface area contributed by atoms with Crippen LogP contribution in [-0.2, 0) is 17.1 Å². The van der Waals surface area contributed by atoms with E-state index in [0.717, 1.165) is 29.3 Å². The number of amides is 2. The Hall–Kier alpha value is -2.39. The zero-order chi connectivity index (χ0) is 19.6. The number of aryl methyl sites for hydroxylation is 1. The van der Waals surface area contributed by atoms with Gasteiger partial charge in [-0.2, -0.15) is 5.10 Å². The van der Waals surface area contributed by atoms with Gasteiger partial charge in [0.15, 0.2) is 0 Å². The van der Waals surface area contributed by atoms with Gasteiger partial charge in [0, 0.05) is 39.6 Å². The maximum Gasteiger partial charge on any atom is 0.322 e. The molecule has 2 amide bonds. The number of sulfonamides is 1. The third-order valence-corrected chi connectivity index (χ3v) is 6.64. The summed E-state index contributed by atoms with van der Waals surface area (Å²) in [6.07, 6.45) is 4.60. The molecule has 0 aliphatic carbocycles. The van der Waals surface area contributed by atoms with E-state index in [4.69, 9.17) is 0 Å². The molecule has 2 aromatic rings. The molecular weight excluding hydrogens is 366 g/mol. The zero-order valence-electron chi connectivity index (χ0n) is 15.8. The fraction of sp³-hybridized carbons (Fsp3) is 0.444. The van der Waals surface area contributed by atoms with E-state index in [1.807, 2.05) is 13.1 Å². The fourth-order valence-electron chi connectivity index (χ4n) is 3.33. The monoisotopic (exact) mass is 391 g/mol. The van der Waals surface area contributed by atoms with E-state index in [-0.39, 0.29) is 17.0 Å². The number of rotatable bonds is 4. The molecule has 0 bridgehead atoms. The maximum atomic E-state index is 12.9. The molecule has 3 rings (SSSR count). The van der Waals surface area contributed by atoms with E-state index in [1.165, 1.54) is 26.2 Å². The lowest BCUT2D eigenvalue weighted by Gasteiger charge is -2.35. The number of benzene rings is 1. The lowest BCUT2D eigenvalue weighted by atomic mass is 9.99. The summed E-state index contributed by atoms with van der Waals surface area (Å²) >= 11 is 0. The summed E-state index contributed by atoms with van der Waals surface area (Å²) in [7, 11) is 1.27. The number of aromatic nitrogens is 2. The van der Waals surface area contributed by atoms with Crippen LogP contribution in [0.4, 0.5) is 10.5 Å². The Morgan fingerprint density at radius 2 is 2.04 bits per heavy atom. The van der Waals surface area contributed by atoms with Gasteiger partial charge in [-0.1, -0.05) is 6.07 Å². The summed E-state index contributed by atoms with van der Waals surface area (Å²) in [5, 5.41) is 7.06. The molecular formula is C18H25N5O3S. The number of hydrogen-bond donors (Lipinski definition) is 1. The molecule has 1 aromatic carbocycles. The van der Waals surface area contributed by atoms with E-state index in [0.29, 0.717) is 12.2 Å². The van der Waals surface area contributed by atoms with Crippen LogP contribution in [0.2, 0.25) is 0 Å². The summed E-state index contributed by atoms with van der Waals surface area (Å²) in [5.41, 5.74) is 1.45. The minimum Gasteiger partial charge on any atom is -0.316 e. The Morgan fingerprint density at radius 1 is 1.26 bits per heavy atom. The van der Waals surface area contributed by atoms with E-state index in [9.17, 15) is 13.2 Å². The molecule has 9 heteroatoms. The molecule has 1 atom stereocenters. The highest BCUT2D eigenvalue weighted by atomic mass is 32.2. The first-order valence-electron chi connectivity index (χ1n) is 8.89. The van der Waals surface area contributed by atoms with E-state index < -0.39 is 10.0 Å². The Balaban J connectivity index is 1.81. The molecule has 8 nitrogen and oxygen atoms in total. The highest BCUT2D eigenvalue weighted by molar-refractivity contribution is 7.89. The number of carbonyl (C=O) groups is 1. The van der Waals surface area contributed by atoms with Crippen molar-refractivity contribution in [2.45, 2.75) is 30.2 Å². The lowest BCUT2D eigenvalue weighted by Crippen LogP contribution is -2.41. The van der Waals surface area contributed by atoms with Gasteiger partial charge >= 0.3 is 6.03 Å². The Morgan fingerprint density at radius 3 is 2.70 bits per heavy atom. The molecule has 0 spiro atoms. The molecule has 1 aliphatic rings. The molecule has 1 aliphatic heterocycles. The van der Waals surface area contributed by atoms with Crippen molar-refractivity contribution in [1.29, 1.82) is 0 Å². The first-order valence-corrected chi connectivity index (χ1v) is 10.3. The molecule has 1 N–H and O–H groups in total. The van der Waals surface area contributed by atoms with Crippen molar-refractivity contribution in [1.82, 2.24) is 19.0 Å². The molecule has 0 radical (unpaired) electrons. The van der Waals surface area contributed by atoms with Crippen LogP contribution in [0.15, 0.2) is 41.4 Å². The average Bonchev–Trinajstić information content (AvgIpc) is 3.07. The van der Waals surface area contributed by atoms with Crippen LogP contribution in [0.25, 0.3) is 0 Å². The minimum absolute atomic E-state index is 0.0417. The topological polar surface area (TPSA) is 87.5 Å². The van der Waals surface area contributed by atoms with Crippen molar-refractivity contribution in [3.05, 3.63) is 42.2 Å². The first kappa shape index (κ1) is 19.4. The highest BCUT2D eigenvalue weighted by Gasteiger charge is 2.30. The van der Waals surface area contributed by atoms with Crippen molar-refractivity contribution in [2.24, 2.45) is 7.05 Å². The molecule has 2 heterocycles. The second-order valence-electron chi connectivity index (χ2n) is 6.83. The van der Waals surface area contributed by atoms with E-state index in [1.54, 1.807) is 27.9 Å². The molecule has 27 heavy (non-hydrogen) atoms. The average molecular weight is 391 g/mol. The summed E-state index contributed by atoms with van der Waals surface area (Å²) in [6.45, 7) is 0.650. The van der Waals surface area contributed by atoms with Crippen molar-refractivity contribution in [3.8, 4) is 0 Å². The van der Waals surface area contributed by atoms with Gasteiger partial charge in [0.05, 0.1) is 16.6 Å². The molecule has 1 fully saturated rings. The van der Waals surface area contributed by atoms with Gasteiger partial charge in [-0.25, -0.2) is 17.5 Å². The van der Waals surface area contributed by atoms with E-state index in [2.05, 4.69) is 10.4 Å². The Bertz CT molecular complexity index is 923. The normalized spacial score (nSPS) is 17.9. The van der Waals surface area contributed by atoms with Crippen LogP contribution in [0.1, 0.15) is 31.0 Å². The van der Waals surface area contributed by atoms with Gasteiger partial charge in [0.2, 0.25) is 10.0 Å². The number of nitrogens with zero attached hydrogens (tertiary/aromatic N) is 4.